The quantitative estimate of drug-likeness (QED) is 0.664. The molecule has 5 nitrogen and oxygen atoms in total. The van der Waals surface area contributed by atoms with E-state index in [0.717, 1.165) is 0 Å². The van der Waals surface area contributed by atoms with Gasteiger partial charge in [-0.2, -0.15) is 0 Å². The zero-order chi connectivity index (χ0) is 20.0. The van der Waals surface area contributed by atoms with Gasteiger partial charge in [0.2, 0.25) is 5.91 Å². The van der Waals surface area contributed by atoms with Crippen LogP contribution in [0.3, 0.4) is 0 Å². The first kappa shape index (κ1) is 19.7. The Bertz CT molecular complexity index is 1020. The number of benzene rings is 2. The minimum atomic E-state index is -3.73. The van der Waals surface area contributed by atoms with Gasteiger partial charge in [0.25, 0.3) is 0 Å². The Labute approximate surface area is 163 Å². The van der Waals surface area contributed by atoms with Gasteiger partial charge in [-0.05, 0) is 41.5 Å². The van der Waals surface area contributed by atoms with E-state index in [1.54, 1.807) is 36.5 Å². The summed E-state index contributed by atoms with van der Waals surface area (Å²) in [5, 5.41) is 1.71. The molecule has 3 rings (SSSR count). The Hall–Kier alpha value is -3.06. The lowest BCUT2D eigenvalue weighted by Crippen LogP contribution is -2.33. The number of aromatic nitrogens is 1. The van der Waals surface area contributed by atoms with Crippen molar-refractivity contribution in [2.75, 3.05) is 6.54 Å². The summed E-state index contributed by atoms with van der Waals surface area (Å²) in [6.45, 7) is -0.0943. The summed E-state index contributed by atoms with van der Waals surface area (Å²) in [6, 6.07) is 17.0. The minimum absolute atomic E-state index is 0.0332. The molecule has 0 bridgehead atoms. The zero-order valence-corrected chi connectivity index (χ0v) is 15.8. The second-order valence-electron chi connectivity index (χ2n) is 6.24. The molecule has 0 aliphatic carbocycles. The fourth-order valence-corrected chi connectivity index (χ4v) is 4.47. The maximum absolute atomic E-state index is 13.1. The predicted octanol–water partition coefficient (Wildman–Crippen LogP) is 3.09. The van der Waals surface area contributed by atoms with Crippen molar-refractivity contribution >= 4 is 15.7 Å². The summed E-state index contributed by atoms with van der Waals surface area (Å²) in [5.74, 6) is -0.724. The Morgan fingerprint density at radius 2 is 1.71 bits per heavy atom. The maximum Gasteiger partial charge on any atom is 0.224 e. The van der Waals surface area contributed by atoms with E-state index in [-0.39, 0.29) is 29.6 Å². The van der Waals surface area contributed by atoms with Gasteiger partial charge in [-0.3, -0.25) is 9.78 Å². The standard InChI is InChI=1S/C21H19FN2O3S/c22-18-10-8-16(9-11-18)13-21(25)24-15-20(17-5-4-12-23-14-17)28(26,27)19-6-2-1-3-7-19/h1-12,14,20H,13,15H2,(H,24,25). The van der Waals surface area contributed by atoms with Crippen molar-refractivity contribution in [3.63, 3.8) is 0 Å². The van der Waals surface area contributed by atoms with Gasteiger partial charge >= 0.3 is 0 Å². The van der Waals surface area contributed by atoms with Gasteiger partial charge in [0, 0.05) is 18.9 Å². The summed E-state index contributed by atoms with van der Waals surface area (Å²) in [6.07, 6.45) is 3.07. The lowest BCUT2D eigenvalue weighted by atomic mass is 10.1. The summed E-state index contributed by atoms with van der Waals surface area (Å²) in [7, 11) is -3.73. The van der Waals surface area contributed by atoms with E-state index in [0.29, 0.717) is 11.1 Å². The van der Waals surface area contributed by atoms with E-state index in [2.05, 4.69) is 10.3 Å². The van der Waals surface area contributed by atoms with Crippen molar-refractivity contribution in [3.8, 4) is 0 Å². The normalized spacial score (nSPS) is 12.3. The first-order valence-corrected chi connectivity index (χ1v) is 10.2. The number of halogens is 1. The van der Waals surface area contributed by atoms with Crippen LogP contribution in [0, 0.1) is 5.82 Å². The molecule has 1 unspecified atom stereocenters. The highest BCUT2D eigenvalue weighted by Crippen LogP contribution is 2.27. The number of pyridine rings is 1. The molecule has 1 atom stereocenters. The molecule has 0 saturated heterocycles. The summed E-state index contributed by atoms with van der Waals surface area (Å²) < 4.78 is 39.2. The molecule has 0 radical (unpaired) electrons. The largest absolute Gasteiger partial charge is 0.354 e. The minimum Gasteiger partial charge on any atom is -0.354 e. The van der Waals surface area contributed by atoms with E-state index in [9.17, 15) is 17.6 Å². The molecule has 1 N–H and O–H groups in total. The van der Waals surface area contributed by atoms with Crippen LogP contribution in [0.1, 0.15) is 16.4 Å². The predicted molar refractivity (Wildman–Crippen MR) is 104 cm³/mol. The number of nitrogens with one attached hydrogen (secondary N) is 1. The van der Waals surface area contributed by atoms with E-state index in [1.807, 2.05) is 0 Å². The van der Waals surface area contributed by atoms with Crippen LogP contribution in [-0.2, 0) is 21.1 Å². The molecule has 1 heterocycles. The molecule has 28 heavy (non-hydrogen) atoms. The fourth-order valence-electron chi connectivity index (χ4n) is 2.80. The smallest absolute Gasteiger partial charge is 0.224 e. The first-order chi connectivity index (χ1) is 13.5. The number of hydrogen-bond acceptors (Lipinski definition) is 4. The van der Waals surface area contributed by atoms with Gasteiger partial charge in [-0.25, -0.2) is 12.8 Å². The molecule has 0 aliphatic rings. The van der Waals surface area contributed by atoms with Crippen molar-refractivity contribution < 1.29 is 17.6 Å². The number of hydrogen-bond donors (Lipinski definition) is 1. The second-order valence-corrected chi connectivity index (χ2v) is 8.37. The van der Waals surface area contributed by atoms with E-state index >= 15 is 0 Å². The molecule has 7 heteroatoms. The van der Waals surface area contributed by atoms with Crippen LogP contribution in [-0.4, -0.2) is 25.9 Å². The SMILES string of the molecule is O=C(Cc1ccc(F)cc1)NCC(c1cccnc1)S(=O)(=O)c1ccccc1. The molecule has 0 spiro atoms. The van der Waals surface area contributed by atoms with Crippen molar-refractivity contribution in [3.05, 3.63) is 96.1 Å². The summed E-state index contributed by atoms with van der Waals surface area (Å²) in [5.41, 5.74) is 1.14. The Morgan fingerprint density at radius 3 is 2.36 bits per heavy atom. The highest BCUT2D eigenvalue weighted by Gasteiger charge is 2.29. The summed E-state index contributed by atoms with van der Waals surface area (Å²) >= 11 is 0. The van der Waals surface area contributed by atoms with Crippen LogP contribution < -0.4 is 5.32 Å². The van der Waals surface area contributed by atoms with Gasteiger partial charge < -0.3 is 5.32 Å². The van der Waals surface area contributed by atoms with E-state index < -0.39 is 15.1 Å². The van der Waals surface area contributed by atoms with Gasteiger partial charge in [-0.1, -0.05) is 36.4 Å². The molecular weight excluding hydrogens is 379 g/mol. The molecule has 3 aromatic rings. The van der Waals surface area contributed by atoms with E-state index in [1.165, 1.54) is 42.6 Å². The monoisotopic (exact) mass is 398 g/mol. The van der Waals surface area contributed by atoms with Gasteiger partial charge in [0.1, 0.15) is 11.1 Å². The molecule has 2 aromatic carbocycles. The highest BCUT2D eigenvalue weighted by atomic mass is 32.2. The maximum atomic E-state index is 13.1. The molecule has 0 aliphatic heterocycles. The molecule has 0 saturated carbocycles. The van der Waals surface area contributed by atoms with Gasteiger partial charge in [-0.15, -0.1) is 0 Å². The van der Waals surface area contributed by atoms with Crippen LogP contribution in [0.4, 0.5) is 4.39 Å². The number of carbonyl (C=O) groups excluding carboxylic acids is 1. The Kier molecular flexibility index (Phi) is 6.16. The second kappa shape index (κ2) is 8.75. The van der Waals surface area contributed by atoms with Crippen molar-refractivity contribution in [2.24, 2.45) is 0 Å². The number of amides is 1. The number of sulfone groups is 1. The number of rotatable bonds is 7. The lowest BCUT2D eigenvalue weighted by Gasteiger charge is -2.19. The van der Waals surface area contributed by atoms with Gasteiger partial charge in [0.05, 0.1) is 11.3 Å². The number of nitrogens with zero attached hydrogens (tertiary/aromatic N) is 1. The van der Waals surface area contributed by atoms with E-state index in [4.69, 9.17) is 0 Å². The van der Waals surface area contributed by atoms with Crippen LogP contribution in [0.2, 0.25) is 0 Å². The Balaban J connectivity index is 1.78. The fraction of sp³-hybridized carbons (Fsp3) is 0.143. The molecule has 0 fully saturated rings. The van der Waals surface area contributed by atoms with Crippen molar-refractivity contribution in [1.82, 2.24) is 10.3 Å². The Morgan fingerprint density at radius 1 is 1.00 bits per heavy atom. The molecule has 144 valence electrons. The van der Waals surface area contributed by atoms with Crippen molar-refractivity contribution in [1.29, 1.82) is 0 Å². The average molecular weight is 398 g/mol. The lowest BCUT2D eigenvalue weighted by molar-refractivity contribution is -0.120. The third-order valence-corrected chi connectivity index (χ3v) is 6.38. The first-order valence-electron chi connectivity index (χ1n) is 8.67. The average Bonchev–Trinajstić information content (AvgIpc) is 2.71. The highest BCUT2D eigenvalue weighted by molar-refractivity contribution is 7.91. The molecular formula is C21H19FN2O3S. The third-order valence-electron chi connectivity index (χ3n) is 4.27. The van der Waals surface area contributed by atoms with Crippen LogP contribution >= 0.6 is 0 Å². The zero-order valence-electron chi connectivity index (χ0n) is 15.0. The van der Waals surface area contributed by atoms with Crippen LogP contribution in [0.5, 0.6) is 0 Å². The van der Waals surface area contributed by atoms with Crippen molar-refractivity contribution in [2.45, 2.75) is 16.6 Å². The molecule has 1 aromatic heterocycles. The van der Waals surface area contributed by atoms with Gasteiger partial charge in [0.15, 0.2) is 9.84 Å². The number of carbonyl (C=O) groups is 1. The topological polar surface area (TPSA) is 76.1 Å². The van der Waals surface area contributed by atoms with Crippen LogP contribution in [0.15, 0.2) is 84.0 Å². The third kappa shape index (κ3) is 4.80. The molecule has 1 amide bonds. The summed E-state index contributed by atoms with van der Waals surface area (Å²) in [4.78, 5) is 16.5. The van der Waals surface area contributed by atoms with Crippen LogP contribution in [0.25, 0.3) is 0 Å².